The van der Waals surface area contributed by atoms with Crippen molar-refractivity contribution in [3.05, 3.63) is 58.9 Å². The van der Waals surface area contributed by atoms with Crippen molar-refractivity contribution in [1.29, 1.82) is 0 Å². The number of esters is 1. The molecule has 1 atom stereocenters. The van der Waals surface area contributed by atoms with Gasteiger partial charge in [0.1, 0.15) is 11.6 Å². The predicted molar refractivity (Wildman–Crippen MR) is 87.9 cm³/mol. The van der Waals surface area contributed by atoms with Crippen LogP contribution in [0, 0.1) is 5.82 Å². The molecule has 0 aromatic heterocycles. The maximum Gasteiger partial charge on any atom is 0.339 e. The highest BCUT2D eigenvalue weighted by Crippen LogP contribution is 2.22. The highest BCUT2D eigenvalue weighted by atomic mass is 35.5. The predicted octanol–water partition coefficient (Wildman–Crippen LogP) is 3.67. The fourth-order valence-corrected chi connectivity index (χ4v) is 2.08. The number of carbonyl (C=O) groups excluding carboxylic acids is 2. The highest BCUT2D eigenvalue weighted by molar-refractivity contribution is 6.33. The second-order valence-electron chi connectivity index (χ2n) is 4.89. The van der Waals surface area contributed by atoms with Crippen LogP contribution in [0.4, 0.5) is 10.1 Å². The zero-order chi connectivity index (χ0) is 17.7. The van der Waals surface area contributed by atoms with Gasteiger partial charge in [0.15, 0.2) is 6.10 Å². The van der Waals surface area contributed by atoms with E-state index in [9.17, 15) is 14.0 Å². The Morgan fingerprint density at radius 3 is 2.46 bits per heavy atom. The number of hydrogen-bond acceptors (Lipinski definition) is 4. The molecule has 0 saturated heterocycles. The minimum atomic E-state index is -0.826. The second kappa shape index (κ2) is 7.79. The van der Waals surface area contributed by atoms with Gasteiger partial charge in [-0.15, -0.1) is 0 Å². The zero-order valence-electron chi connectivity index (χ0n) is 13.0. The third kappa shape index (κ3) is 4.45. The number of anilines is 1. The summed E-state index contributed by atoms with van der Waals surface area (Å²) in [6.45, 7) is 1.55. The Bertz CT molecular complexity index is 749. The summed E-state index contributed by atoms with van der Waals surface area (Å²) in [6, 6.07) is 9.78. The van der Waals surface area contributed by atoms with E-state index < -0.39 is 23.8 Å². The van der Waals surface area contributed by atoms with Crippen LogP contribution in [0.25, 0.3) is 0 Å². The molecule has 7 heteroatoms. The molecule has 5 nitrogen and oxygen atoms in total. The molecule has 2 rings (SSSR count). The van der Waals surface area contributed by atoms with Crippen LogP contribution >= 0.6 is 11.6 Å². The first kappa shape index (κ1) is 17.7. The summed E-state index contributed by atoms with van der Waals surface area (Å²) < 4.78 is 22.9. The van der Waals surface area contributed by atoms with E-state index in [1.807, 2.05) is 0 Å². The molecule has 2 aromatic rings. The molecule has 0 aliphatic rings. The van der Waals surface area contributed by atoms with E-state index in [0.717, 1.165) is 0 Å². The first-order chi connectivity index (χ1) is 11.4. The number of amides is 1. The molecule has 1 N–H and O–H groups in total. The Labute approximate surface area is 143 Å². The van der Waals surface area contributed by atoms with Crippen molar-refractivity contribution in [2.75, 3.05) is 12.4 Å². The zero-order valence-corrected chi connectivity index (χ0v) is 13.8. The van der Waals surface area contributed by atoms with Crippen LogP contribution in [-0.2, 0) is 9.53 Å². The summed E-state index contributed by atoms with van der Waals surface area (Å²) in [4.78, 5) is 23.8. The SMILES string of the molecule is COC(=O)c1cc(NC(=O)[C@H](C)Oc2ccc(F)cc2)ccc1Cl. The largest absolute Gasteiger partial charge is 0.481 e. The number of halogens is 2. The van der Waals surface area contributed by atoms with E-state index >= 15 is 0 Å². The molecule has 0 aliphatic heterocycles. The van der Waals surface area contributed by atoms with Crippen LogP contribution in [0.5, 0.6) is 5.75 Å². The third-order valence-corrected chi connectivity index (χ3v) is 3.46. The lowest BCUT2D eigenvalue weighted by Crippen LogP contribution is -2.30. The van der Waals surface area contributed by atoms with Crippen LogP contribution in [0.15, 0.2) is 42.5 Å². The number of hydrogen-bond donors (Lipinski definition) is 1. The Morgan fingerprint density at radius 1 is 1.17 bits per heavy atom. The fraction of sp³-hybridized carbons (Fsp3) is 0.176. The van der Waals surface area contributed by atoms with Crippen molar-refractivity contribution < 1.29 is 23.5 Å². The number of methoxy groups -OCH3 is 1. The Kier molecular flexibility index (Phi) is 5.76. The summed E-state index contributed by atoms with van der Waals surface area (Å²) in [5.41, 5.74) is 0.517. The van der Waals surface area contributed by atoms with E-state index in [1.54, 1.807) is 13.0 Å². The molecule has 126 valence electrons. The average molecular weight is 352 g/mol. The van der Waals surface area contributed by atoms with Gasteiger partial charge in [-0.2, -0.15) is 0 Å². The minimum Gasteiger partial charge on any atom is -0.481 e. The number of ether oxygens (including phenoxy) is 2. The molecule has 24 heavy (non-hydrogen) atoms. The van der Waals surface area contributed by atoms with Crippen molar-refractivity contribution in [2.24, 2.45) is 0 Å². The number of carbonyl (C=O) groups is 2. The van der Waals surface area contributed by atoms with Crippen molar-refractivity contribution in [3.8, 4) is 5.75 Å². The van der Waals surface area contributed by atoms with E-state index in [2.05, 4.69) is 10.1 Å². The molecule has 0 unspecified atom stereocenters. The van der Waals surface area contributed by atoms with E-state index in [-0.39, 0.29) is 10.6 Å². The van der Waals surface area contributed by atoms with E-state index in [4.69, 9.17) is 16.3 Å². The molecule has 0 bridgehead atoms. The molecule has 0 radical (unpaired) electrons. The molecular formula is C17H15ClFNO4. The maximum atomic E-state index is 12.9. The molecule has 1 amide bonds. The van der Waals surface area contributed by atoms with Gasteiger partial charge >= 0.3 is 5.97 Å². The van der Waals surface area contributed by atoms with Crippen molar-refractivity contribution in [3.63, 3.8) is 0 Å². The minimum absolute atomic E-state index is 0.143. The van der Waals surface area contributed by atoms with Crippen LogP contribution < -0.4 is 10.1 Å². The van der Waals surface area contributed by atoms with Crippen LogP contribution in [0.3, 0.4) is 0 Å². The number of benzene rings is 2. The van der Waals surface area contributed by atoms with Crippen molar-refractivity contribution in [2.45, 2.75) is 13.0 Å². The van der Waals surface area contributed by atoms with Gasteiger partial charge < -0.3 is 14.8 Å². The Morgan fingerprint density at radius 2 is 1.83 bits per heavy atom. The lowest BCUT2D eigenvalue weighted by molar-refractivity contribution is -0.122. The van der Waals surface area contributed by atoms with Gasteiger partial charge in [0.05, 0.1) is 17.7 Å². The second-order valence-corrected chi connectivity index (χ2v) is 5.30. The van der Waals surface area contributed by atoms with Crippen LogP contribution in [-0.4, -0.2) is 25.1 Å². The first-order valence-corrected chi connectivity index (χ1v) is 7.39. The van der Waals surface area contributed by atoms with Gasteiger partial charge in [0.2, 0.25) is 0 Å². The van der Waals surface area contributed by atoms with Crippen molar-refractivity contribution in [1.82, 2.24) is 0 Å². The first-order valence-electron chi connectivity index (χ1n) is 7.01. The quantitative estimate of drug-likeness (QED) is 0.835. The summed E-state index contributed by atoms with van der Waals surface area (Å²) >= 11 is 5.92. The maximum absolute atomic E-state index is 12.9. The Balaban J connectivity index is 2.05. The fourth-order valence-electron chi connectivity index (χ4n) is 1.88. The topological polar surface area (TPSA) is 64.6 Å². The standard InChI is InChI=1S/C17H15ClFNO4/c1-10(24-13-6-3-11(19)4-7-13)16(21)20-12-5-8-15(18)14(9-12)17(22)23-2/h3-10H,1-2H3,(H,20,21)/t10-/m0/s1. The summed E-state index contributed by atoms with van der Waals surface area (Å²) in [7, 11) is 1.24. The molecule has 0 heterocycles. The van der Waals surface area contributed by atoms with Crippen LogP contribution in [0.1, 0.15) is 17.3 Å². The Hall–Kier alpha value is -2.60. The van der Waals surface area contributed by atoms with Gasteiger partial charge in [0, 0.05) is 5.69 Å². The van der Waals surface area contributed by atoms with E-state index in [1.165, 1.54) is 43.5 Å². The summed E-state index contributed by atoms with van der Waals surface area (Å²) in [5.74, 6) is -1.06. The van der Waals surface area contributed by atoms with Gasteiger partial charge in [0.25, 0.3) is 5.91 Å². The van der Waals surface area contributed by atoms with E-state index in [0.29, 0.717) is 11.4 Å². The monoisotopic (exact) mass is 351 g/mol. The molecule has 0 saturated carbocycles. The third-order valence-electron chi connectivity index (χ3n) is 3.13. The summed E-state index contributed by atoms with van der Waals surface area (Å²) in [5, 5.41) is 2.83. The molecule has 2 aromatic carbocycles. The lowest BCUT2D eigenvalue weighted by Gasteiger charge is -2.15. The normalized spacial score (nSPS) is 11.5. The number of rotatable bonds is 5. The summed E-state index contributed by atoms with van der Waals surface area (Å²) in [6.07, 6.45) is -0.826. The molecule has 0 fully saturated rings. The highest BCUT2D eigenvalue weighted by Gasteiger charge is 2.17. The van der Waals surface area contributed by atoms with Gasteiger partial charge in [-0.1, -0.05) is 11.6 Å². The smallest absolute Gasteiger partial charge is 0.339 e. The average Bonchev–Trinajstić information content (AvgIpc) is 2.57. The molecule has 0 spiro atoms. The van der Waals surface area contributed by atoms with Crippen LogP contribution in [0.2, 0.25) is 5.02 Å². The van der Waals surface area contributed by atoms with Crippen molar-refractivity contribution >= 4 is 29.2 Å². The molecular weight excluding hydrogens is 337 g/mol. The lowest BCUT2D eigenvalue weighted by atomic mass is 10.2. The van der Waals surface area contributed by atoms with Gasteiger partial charge in [-0.25, -0.2) is 9.18 Å². The molecule has 0 aliphatic carbocycles. The van der Waals surface area contributed by atoms with Gasteiger partial charge in [-0.05, 0) is 49.4 Å². The van der Waals surface area contributed by atoms with Gasteiger partial charge in [-0.3, -0.25) is 4.79 Å². The number of nitrogens with one attached hydrogen (secondary N) is 1.